The summed E-state index contributed by atoms with van der Waals surface area (Å²) in [6, 6.07) is 0. The van der Waals surface area contributed by atoms with Crippen LogP contribution in [0, 0.1) is 5.92 Å². The predicted octanol–water partition coefficient (Wildman–Crippen LogP) is 9.83. The molecule has 0 fully saturated rings. The third kappa shape index (κ3) is 61.5. The molecular formula is C23H54. The Balaban J connectivity index is -0.0000000897. The van der Waals surface area contributed by atoms with E-state index in [1.54, 1.807) is 0 Å². The lowest BCUT2D eigenvalue weighted by molar-refractivity contribution is 0.401. The second-order valence-electron chi connectivity index (χ2n) is 5.68. The quantitative estimate of drug-likeness (QED) is 0.291. The summed E-state index contributed by atoms with van der Waals surface area (Å²) < 4.78 is 0. The van der Waals surface area contributed by atoms with Gasteiger partial charge < -0.3 is 0 Å². The Morgan fingerprint density at radius 3 is 1.22 bits per heavy atom. The van der Waals surface area contributed by atoms with Crippen LogP contribution in [0.15, 0.2) is 13.2 Å². The Kier molecular flexibility index (Phi) is 73.5. The monoisotopic (exact) mass is 330 g/mol. The fourth-order valence-electron chi connectivity index (χ4n) is 1.91. The average molecular weight is 331 g/mol. The molecule has 0 rings (SSSR count). The third-order valence-electron chi connectivity index (χ3n) is 3.01. The van der Waals surface area contributed by atoms with Crippen molar-refractivity contribution >= 4 is 0 Å². The van der Waals surface area contributed by atoms with Crippen molar-refractivity contribution in [1.82, 2.24) is 0 Å². The Morgan fingerprint density at radius 2 is 0.913 bits per heavy atom. The molecule has 0 aromatic carbocycles. The molecule has 0 saturated heterocycles. The van der Waals surface area contributed by atoms with E-state index < -0.39 is 0 Å². The molecule has 146 valence electrons. The van der Waals surface area contributed by atoms with Gasteiger partial charge in [-0.05, 0) is 5.92 Å². The Morgan fingerprint density at radius 1 is 0.565 bits per heavy atom. The van der Waals surface area contributed by atoms with Crippen LogP contribution in [0.4, 0.5) is 0 Å². The van der Waals surface area contributed by atoms with Crippen molar-refractivity contribution in [3.8, 4) is 0 Å². The molecule has 0 nitrogen and oxygen atoms in total. The van der Waals surface area contributed by atoms with Gasteiger partial charge in [0, 0.05) is 0 Å². The molecule has 0 bridgehead atoms. The highest BCUT2D eigenvalue weighted by Crippen LogP contribution is 2.19. The highest BCUT2D eigenvalue weighted by atomic mass is 14.1. The van der Waals surface area contributed by atoms with Gasteiger partial charge in [-0.2, -0.15) is 0 Å². The van der Waals surface area contributed by atoms with Crippen LogP contribution in [0.2, 0.25) is 0 Å². The van der Waals surface area contributed by atoms with Crippen molar-refractivity contribution in [2.75, 3.05) is 0 Å². The van der Waals surface area contributed by atoms with Crippen LogP contribution in [0.25, 0.3) is 0 Å². The van der Waals surface area contributed by atoms with Crippen LogP contribution >= 0.6 is 0 Å². The maximum absolute atomic E-state index is 3.00. The summed E-state index contributed by atoms with van der Waals surface area (Å²) in [7, 11) is 0. The van der Waals surface area contributed by atoms with E-state index in [9.17, 15) is 0 Å². The molecule has 0 spiro atoms. The van der Waals surface area contributed by atoms with Crippen molar-refractivity contribution in [3.05, 3.63) is 13.2 Å². The van der Waals surface area contributed by atoms with E-state index >= 15 is 0 Å². The lowest BCUT2D eigenvalue weighted by atomic mass is 9.93. The maximum Gasteiger partial charge on any atom is -0.0417 e. The van der Waals surface area contributed by atoms with Crippen molar-refractivity contribution < 1.29 is 0 Å². The number of rotatable bonds is 9. The van der Waals surface area contributed by atoms with Gasteiger partial charge in [-0.25, -0.2) is 0 Å². The summed E-state index contributed by atoms with van der Waals surface area (Å²) in [5.74, 6) is 1.02. The third-order valence-corrected chi connectivity index (χ3v) is 3.01. The summed E-state index contributed by atoms with van der Waals surface area (Å²) in [5.41, 5.74) is 0. The largest absolute Gasteiger partial charge is 0.106 e. The molecule has 0 aromatic heterocycles. The zero-order valence-electron chi connectivity index (χ0n) is 18.8. The van der Waals surface area contributed by atoms with Crippen LogP contribution in [-0.2, 0) is 0 Å². The molecule has 0 amide bonds. The second-order valence-corrected chi connectivity index (χ2v) is 5.68. The summed E-state index contributed by atoms with van der Waals surface area (Å²) in [6.45, 7) is 25.4. The van der Waals surface area contributed by atoms with E-state index in [2.05, 4.69) is 61.6 Å². The van der Waals surface area contributed by atoms with Gasteiger partial charge in [0.25, 0.3) is 0 Å². The van der Waals surface area contributed by atoms with E-state index in [-0.39, 0.29) is 0 Å². The Hall–Kier alpha value is -0.260. The first kappa shape index (κ1) is 34.2. The van der Waals surface area contributed by atoms with Gasteiger partial charge in [0.1, 0.15) is 0 Å². The molecule has 1 unspecified atom stereocenters. The lowest BCUT2D eigenvalue weighted by Gasteiger charge is -2.13. The highest BCUT2D eigenvalue weighted by molar-refractivity contribution is 4.57. The summed E-state index contributed by atoms with van der Waals surface area (Å²) in [4.78, 5) is 0. The zero-order chi connectivity index (χ0) is 19.4. The topological polar surface area (TPSA) is 0 Å². The molecule has 0 N–H and O–H groups in total. The standard InChI is InChI=1S/C13H28.2C3H8.C2H6.C2H4/c1-4-7-9-10-12-13(6-3)11-8-5-2;2*1-3-2;2*1-2/h13H,4-12H2,1-3H3;2*3H2,1-2H3;1-2H3;1-2H2. The van der Waals surface area contributed by atoms with E-state index in [4.69, 9.17) is 0 Å². The van der Waals surface area contributed by atoms with Crippen LogP contribution < -0.4 is 0 Å². The first-order valence-corrected chi connectivity index (χ1v) is 10.7. The van der Waals surface area contributed by atoms with Crippen molar-refractivity contribution in [1.29, 1.82) is 0 Å². The first-order valence-electron chi connectivity index (χ1n) is 10.7. The number of hydrogen-bond acceptors (Lipinski definition) is 0. The van der Waals surface area contributed by atoms with E-state index in [1.165, 1.54) is 70.6 Å². The molecule has 23 heavy (non-hydrogen) atoms. The zero-order valence-corrected chi connectivity index (χ0v) is 18.8. The minimum Gasteiger partial charge on any atom is -0.106 e. The van der Waals surface area contributed by atoms with E-state index in [0.29, 0.717) is 0 Å². The highest BCUT2D eigenvalue weighted by Gasteiger charge is 2.04. The van der Waals surface area contributed by atoms with Gasteiger partial charge in [-0.1, -0.05) is 133 Å². The normalized spacial score (nSPS) is 9.43. The Labute approximate surface area is 152 Å². The van der Waals surface area contributed by atoms with Crippen molar-refractivity contribution in [3.63, 3.8) is 0 Å². The second kappa shape index (κ2) is 49.5. The van der Waals surface area contributed by atoms with Gasteiger partial charge in [0.05, 0.1) is 0 Å². The van der Waals surface area contributed by atoms with Crippen molar-refractivity contribution in [2.45, 2.75) is 133 Å². The molecule has 0 aliphatic heterocycles. The molecule has 0 aliphatic carbocycles. The Bertz CT molecular complexity index is 115. The van der Waals surface area contributed by atoms with Crippen LogP contribution in [-0.4, -0.2) is 0 Å². The van der Waals surface area contributed by atoms with Gasteiger partial charge in [0.15, 0.2) is 0 Å². The summed E-state index contributed by atoms with van der Waals surface area (Å²) >= 11 is 0. The van der Waals surface area contributed by atoms with Gasteiger partial charge in [0.2, 0.25) is 0 Å². The fourth-order valence-corrected chi connectivity index (χ4v) is 1.91. The average Bonchev–Trinajstić information content (AvgIpc) is 2.59. The van der Waals surface area contributed by atoms with E-state index in [0.717, 1.165) is 5.92 Å². The van der Waals surface area contributed by atoms with Gasteiger partial charge >= 0.3 is 0 Å². The van der Waals surface area contributed by atoms with Gasteiger partial charge in [-0.3, -0.25) is 0 Å². The van der Waals surface area contributed by atoms with Crippen molar-refractivity contribution in [2.24, 2.45) is 5.92 Å². The number of hydrogen-bond donors (Lipinski definition) is 0. The van der Waals surface area contributed by atoms with Gasteiger partial charge in [-0.15, -0.1) is 13.2 Å². The van der Waals surface area contributed by atoms with E-state index in [1.807, 2.05) is 13.8 Å². The molecule has 1 atom stereocenters. The summed E-state index contributed by atoms with van der Waals surface area (Å²) in [5, 5.41) is 0. The first-order chi connectivity index (χ1) is 11.2. The molecule has 0 saturated carbocycles. The predicted molar refractivity (Wildman–Crippen MR) is 117 cm³/mol. The molecule has 0 aliphatic rings. The minimum atomic E-state index is 1.02. The molecular weight excluding hydrogens is 276 g/mol. The lowest BCUT2D eigenvalue weighted by Crippen LogP contribution is -1.98. The van der Waals surface area contributed by atoms with Crippen LogP contribution in [0.3, 0.4) is 0 Å². The minimum absolute atomic E-state index is 1.02. The SMILES string of the molecule is C=C.CC.CCC.CCC.CCCCCCC(CC)CCCC. The smallest absolute Gasteiger partial charge is 0.0417 e. The van der Waals surface area contributed by atoms with Crippen LogP contribution in [0.1, 0.15) is 133 Å². The summed E-state index contributed by atoms with van der Waals surface area (Å²) in [6.07, 6.45) is 15.4. The fraction of sp³-hybridized carbons (Fsp3) is 0.913. The molecule has 0 radical (unpaired) electrons. The number of unbranched alkanes of at least 4 members (excludes halogenated alkanes) is 4. The van der Waals surface area contributed by atoms with Crippen LogP contribution in [0.5, 0.6) is 0 Å². The maximum atomic E-state index is 3.00. The molecule has 0 heterocycles. The molecule has 0 aromatic rings. The molecule has 0 heteroatoms.